The van der Waals surface area contributed by atoms with Gasteiger partial charge < -0.3 is 14.7 Å². The van der Waals surface area contributed by atoms with Gasteiger partial charge in [-0.1, -0.05) is 57.8 Å². The molecule has 0 aromatic heterocycles. The van der Waals surface area contributed by atoms with Crippen LogP contribution < -0.4 is 0 Å². The summed E-state index contributed by atoms with van der Waals surface area (Å²) >= 11 is 0. The van der Waals surface area contributed by atoms with E-state index >= 15 is 0 Å². The van der Waals surface area contributed by atoms with Crippen LogP contribution in [0.25, 0.3) is 0 Å². The highest BCUT2D eigenvalue weighted by Gasteiger charge is 2.52. The Hall–Kier alpha value is -1.95. The van der Waals surface area contributed by atoms with Gasteiger partial charge in [-0.2, -0.15) is 0 Å². The number of carbonyl (C=O) groups excluding carboxylic acids is 3. The first-order chi connectivity index (χ1) is 32.2. The lowest BCUT2D eigenvalue weighted by atomic mass is 9.87. The molecule has 0 unspecified atom stereocenters. The van der Waals surface area contributed by atoms with Crippen LogP contribution in [-0.4, -0.2) is 229 Å². The van der Waals surface area contributed by atoms with Crippen molar-refractivity contribution >= 4 is 17.7 Å². The molecule has 3 saturated carbocycles. The normalized spacial score (nSPS) is 28.8. The number of carbonyl (C=O) groups is 3. The molecule has 396 valence electrons. The number of hydrazine groups is 3. The Labute approximate surface area is 421 Å². The quantitative estimate of drug-likeness (QED) is 0.182. The summed E-state index contributed by atoms with van der Waals surface area (Å²) in [6.45, 7) is 35.1. The van der Waals surface area contributed by atoms with Gasteiger partial charge in [0.2, 0.25) is 17.7 Å². The first-order valence-electron chi connectivity index (χ1n) is 27.8. The van der Waals surface area contributed by atoms with Crippen molar-refractivity contribution in [2.24, 2.45) is 0 Å². The maximum absolute atomic E-state index is 14.4. The Morgan fingerprint density at radius 3 is 0.812 bits per heavy atom. The van der Waals surface area contributed by atoms with Gasteiger partial charge in [-0.25, -0.2) is 30.1 Å². The van der Waals surface area contributed by atoms with Crippen molar-refractivity contribution < 1.29 is 14.4 Å². The summed E-state index contributed by atoms with van der Waals surface area (Å²) in [6.07, 6.45) is 18.2. The molecular weight excluding hydrogens is 865 g/mol. The summed E-state index contributed by atoms with van der Waals surface area (Å²) in [7, 11) is 6.33. The van der Waals surface area contributed by atoms with Crippen LogP contribution in [0.3, 0.4) is 0 Å². The van der Waals surface area contributed by atoms with E-state index in [1.54, 1.807) is 0 Å². The van der Waals surface area contributed by atoms with E-state index < -0.39 is 16.6 Å². The van der Waals surface area contributed by atoms with Crippen molar-refractivity contribution in [2.45, 2.75) is 231 Å². The van der Waals surface area contributed by atoms with Gasteiger partial charge in [0.15, 0.2) is 0 Å². The lowest BCUT2D eigenvalue weighted by molar-refractivity contribution is -0.274. The Bertz CT molecular complexity index is 1560. The Morgan fingerprint density at radius 2 is 0.594 bits per heavy atom. The summed E-state index contributed by atoms with van der Waals surface area (Å²) in [4.78, 5) is 56.4. The summed E-state index contributed by atoms with van der Waals surface area (Å²) in [5.41, 5.74) is -2.17. The zero-order valence-corrected chi connectivity index (χ0v) is 46.9. The topological polar surface area (TPSA) is 90.1 Å². The third kappa shape index (κ3) is 11.4. The van der Waals surface area contributed by atoms with Gasteiger partial charge in [0.05, 0.1) is 36.6 Å². The van der Waals surface area contributed by atoms with E-state index in [-0.39, 0.29) is 34.3 Å². The molecule has 15 nitrogen and oxygen atoms in total. The average molecular weight is 967 g/mol. The minimum absolute atomic E-state index is 0.141. The number of hydrogen-bond acceptors (Lipinski definition) is 12. The molecule has 4 saturated heterocycles. The van der Waals surface area contributed by atoms with E-state index in [1.165, 1.54) is 57.8 Å². The lowest BCUT2D eigenvalue weighted by Crippen LogP contribution is -2.73. The van der Waals surface area contributed by atoms with E-state index in [4.69, 9.17) is 0 Å². The number of hydrogen-bond donors (Lipinski definition) is 0. The molecule has 0 spiro atoms. The number of piperazine rings is 3. The number of rotatable bonds is 15. The summed E-state index contributed by atoms with van der Waals surface area (Å²) < 4.78 is 0. The summed E-state index contributed by atoms with van der Waals surface area (Å²) in [6, 6.07) is 1.20. The van der Waals surface area contributed by atoms with Gasteiger partial charge in [0, 0.05) is 93.6 Å². The molecule has 0 N–H and O–H groups in total. The Balaban J connectivity index is 1.25. The monoisotopic (exact) mass is 967 g/mol. The predicted octanol–water partition coefficient (Wildman–Crippen LogP) is 6.42. The molecule has 0 atom stereocenters. The molecule has 69 heavy (non-hydrogen) atoms. The molecule has 4 aliphatic heterocycles. The molecule has 0 radical (unpaired) electrons. The third-order valence-corrected chi connectivity index (χ3v) is 19.3. The van der Waals surface area contributed by atoms with Gasteiger partial charge in [0.25, 0.3) is 0 Å². The molecule has 0 aromatic rings. The van der Waals surface area contributed by atoms with Gasteiger partial charge in [-0.05, 0) is 143 Å². The summed E-state index contributed by atoms with van der Waals surface area (Å²) in [5.74, 6) is 0.657. The van der Waals surface area contributed by atoms with Gasteiger partial charge >= 0.3 is 0 Å². The first-order valence-corrected chi connectivity index (χ1v) is 27.8. The molecular formula is C54H102N12O3. The molecule has 3 amide bonds. The van der Waals surface area contributed by atoms with Crippen molar-refractivity contribution in [2.75, 3.05) is 100 Å². The molecule has 4 heterocycles. The van der Waals surface area contributed by atoms with E-state index in [0.29, 0.717) is 57.4 Å². The minimum Gasteiger partial charge on any atom is -0.338 e. The van der Waals surface area contributed by atoms with Gasteiger partial charge in [-0.15, -0.1) is 0 Å². The highest BCUT2D eigenvalue weighted by Crippen LogP contribution is 2.37. The van der Waals surface area contributed by atoms with Crippen LogP contribution >= 0.6 is 0 Å². The highest BCUT2D eigenvalue weighted by molar-refractivity contribution is 5.87. The van der Waals surface area contributed by atoms with Gasteiger partial charge in [0.1, 0.15) is 0 Å². The number of likely N-dealkylation sites (N-methyl/N-ethyl adjacent to an activating group) is 3. The van der Waals surface area contributed by atoms with Gasteiger partial charge in [-0.3, -0.25) is 29.1 Å². The molecule has 15 heteroatoms. The van der Waals surface area contributed by atoms with Crippen LogP contribution in [-0.2, 0) is 14.4 Å². The largest absolute Gasteiger partial charge is 0.338 e. The number of amides is 3. The fourth-order valence-corrected chi connectivity index (χ4v) is 14.0. The Kier molecular flexibility index (Phi) is 16.8. The first kappa shape index (κ1) is 54.8. The molecule has 7 rings (SSSR count). The molecule has 0 bridgehead atoms. The van der Waals surface area contributed by atoms with Crippen molar-refractivity contribution in [3.63, 3.8) is 0 Å². The van der Waals surface area contributed by atoms with Crippen molar-refractivity contribution in [1.82, 2.24) is 59.5 Å². The van der Waals surface area contributed by atoms with Crippen molar-refractivity contribution in [3.8, 4) is 0 Å². The van der Waals surface area contributed by atoms with Crippen molar-refractivity contribution in [3.05, 3.63) is 0 Å². The molecule has 7 aliphatic rings. The summed E-state index contributed by atoms with van der Waals surface area (Å²) in [5, 5.41) is 16.2. The second-order valence-corrected chi connectivity index (χ2v) is 26.3. The second kappa shape index (κ2) is 21.1. The Morgan fingerprint density at radius 1 is 0.377 bits per heavy atom. The van der Waals surface area contributed by atoms with E-state index in [1.807, 2.05) is 0 Å². The second-order valence-electron chi connectivity index (χ2n) is 26.3. The number of nitrogens with zero attached hydrogens (tertiary/aromatic N) is 12. The molecule has 7 fully saturated rings. The SMILES string of the molecule is CN1C(C)(C)CN(CCN(C2CCCCC2)N2CN(N(CCN3CC(C)(C)N(C)C(C)(C)C3=O)C3CCCCC3)CN(N(CCN3CC(C)(C)N(C)C(C)(C)C3=O)C3CCCCC3)C2)C(=O)C1(C)C. The smallest absolute Gasteiger partial charge is 0.242 e. The van der Waals surface area contributed by atoms with Crippen LogP contribution in [0.15, 0.2) is 0 Å². The zero-order chi connectivity index (χ0) is 50.5. The van der Waals surface area contributed by atoms with Crippen molar-refractivity contribution in [1.29, 1.82) is 0 Å². The van der Waals surface area contributed by atoms with Crippen LogP contribution in [0.1, 0.15) is 179 Å². The van der Waals surface area contributed by atoms with E-state index in [9.17, 15) is 14.4 Å². The van der Waals surface area contributed by atoms with Crippen LogP contribution in [0, 0.1) is 0 Å². The van der Waals surface area contributed by atoms with Crippen LogP contribution in [0.2, 0.25) is 0 Å². The third-order valence-electron chi connectivity index (χ3n) is 19.3. The fourth-order valence-electron chi connectivity index (χ4n) is 14.0. The fraction of sp³-hybridized carbons (Fsp3) is 0.944. The minimum atomic E-state index is -0.581. The van der Waals surface area contributed by atoms with Crippen LogP contribution in [0.4, 0.5) is 0 Å². The predicted molar refractivity (Wildman–Crippen MR) is 278 cm³/mol. The zero-order valence-electron chi connectivity index (χ0n) is 46.9. The maximum atomic E-state index is 14.4. The standard InChI is InChI=1S/C54H102N12O3/c1-49(2)37-58(46(67)52(7,8)55(49)13)31-34-64(43-25-19-16-20-26-43)61-40-62(65(44-27-21-17-22-28-44)35-32-59-38-50(3,4)56(14)53(9,10)47(59)68)42-63(41-61)66(45-29-23-18-24-30-45)36-33-60-39-51(5,6)57(15)54(11,12)48(60)69/h43-45H,16-42H2,1-15H3. The van der Waals surface area contributed by atoms with E-state index in [2.05, 4.69) is 164 Å². The molecule has 0 aromatic carbocycles. The maximum Gasteiger partial charge on any atom is 0.242 e. The van der Waals surface area contributed by atoms with Crippen LogP contribution in [0.5, 0.6) is 0 Å². The molecule has 3 aliphatic carbocycles. The van der Waals surface area contributed by atoms with E-state index in [0.717, 1.165) is 78.2 Å². The highest BCUT2D eigenvalue weighted by atomic mass is 16.2. The lowest BCUT2D eigenvalue weighted by Gasteiger charge is -2.57. The average Bonchev–Trinajstić information content (AvgIpc) is 3.31.